The van der Waals surface area contributed by atoms with Crippen LogP contribution in [0.1, 0.15) is 30.0 Å². The summed E-state index contributed by atoms with van der Waals surface area (Å²) in [6.45, 7) is 2.44. The lowest BCUT2D eigenvalue weighted by Gasteiger charge is -2.28. The fraction of sp³-hybridized carbons (Fsp3) is 0.207. The molecule has 1 unspecified atom stereocenters. The Morgan fingerprint density at radius 2 is 1.67 bits per heavy atom. The van der Waals surface area contributed by atoms with Crippen LogP contribution >= 0.6 is 0 Å². The Bertz CT molecular complexity index is 1300. The molecule has 0 saturated carbocycles. The lowest BCUT2D eigenvalue weighted by molar-refractivity contribution is -0.128. The van der Waals surface area contributed by atoms with Crippen LogP contribution in [0.2, 0.25) is 0 Å². The topological polar surface area (TPSA) is 77.7 Å². The summed E-state index contributed by atoms with van der Waals surface area (Å²) in [5, 5.41) is 4.12. The van der Waals surface area contributed by atoms with Gasteiger partial charge in [-0.25, -0.2) is 0 Å². The van der Waals surface area contributed by atoms with Gasteiger partial charge >= 0.3 is 0 Å². The molecule has 3 aromatic carbocycles. The fourth-order valence-corrected chi connectivity index (χ4v) is 3.90. The normalized spacial score (nSPS) is 11.9. The first-order chi connectivity index (χ1) is 17.6. The number of aromatic nitrogens is 2. The number of carbonyl (C=O) groups excluding carboxylic acids is 1. The summed E-state index contributed by atoms with van der Waals surface area (Å²) in [7, 11) is 3.16. The molecular weight excluding hydrogens is 454 g/mol. The van der Waals surface area contributed by atoms with E-state index >= 15 is 0 Å². The van der Waals surface area contributed by atoms with Crippen molar-refractivity contribution >= 4 is 12.0 Å². The summed E-state index contributed by atoms with van der Waals surface area (Å²) in [6, 6.07) is 25.0. The molecule has 4 rings (SSSR count). The molecule has 0 bridgehead atoms. The lowest BCUT2D eigenvalue weighted by Crippen LogP contribution is -2.34. The number of methoxy groups -OCH3 is 2. The van der Waals surface area contributed by atoms with Crippen LogP contribution in [-0.2, 0) is 11.2 Å². The van der Waals surface area contributed by atoms with Gasteiger partial charge in [0.25, 0.3) is 0 Å². The molecule has 0 saturated heterocycles. The maximum atomic E-state index is 13.3. The third-order valence-corrected chi connectivity index (χ3v) is 5.93. The predicted molar refractivity (Wildman–Crippen MR) is 139 cm³/mol. The number of hydrogen-bond donors (Lipinski definition) is 0. The number of nitrogens with zero attached hydrogens (tertiary/aromatic N) is 3. The summed E-state index contributed by atoms with van der Waals surface area (Å²) in [5.41, 5.74) is 2.77. The van der Waals surface area contributed by atoms with Crippen LogP contribution in [-0.4, -0.2) is 41.7 Å². The fourth-order valence-electron chi connectivity index (χ4n) is 3.90. The smallest absolute Gasteiger partial charge is 0.247 e. The van der Waals surface area contributed by atoms with Crippen molar-refractivity contribution in [1.82, 2.24) is 15.0 Å². The Kier molecular flexibility index (Phi) is 8.13. The van der Waals surface area contributed by atoms with Crippen molar-refractivity contribution in [2.75, 3.05) is 20.8 Å². The van der Waals surface area contributed by atoms with Gasteiger partial charge in [-0.3, -0.25) is 4.79 Å². The van der Waals surface area contributed by atoms with E-state index in [4.69, 9.17) is 14.0 Å². The first-order valence-corrected chi connectivity index (χ1v) is 11.7. The van der Waals surface area contributed by atoms with E-state index in [0.717, 1.165) is 16.7 Å². The van der Waals surface area contributed by atoms with E-state index in [0.29, 0.717) is 36.2 Å². The summed E-state index contributed by atoms with van der Waals surface area (Å²) >= 11 is 0. The number of benzene rings is 3. The van der Waals surface area contributed by atoms with Crippen LogP contribution in [0.5, 0.6) is 11.5 Å². The van der Waals surface area contributed by atoms with Crippen molar-refractivity contribution in [3.05, 3.63) is 102 Å². The minimum Gasteiger partial charge on any atom is -0.493 e. The largest absolute Gasteiger partial charge is 0.493 e. The minimum atomic E-state index is -0.132. The van der Waals surface area contributed by atoms with Crippen LogP contribution in [0.15, 0.2) is 89.5 Å². The number of ether oxygens (including phenoxy) is 2. The van der Waals surface area contributed by atoms with E-state index in [-0.39, 0.29) is 11.9 Å². The minimum absolute atomic E-state index is 0.0881. The summed E-state index contributed by atoms with van der Waals surface area (Å²) < 4.78 is 16.2. The second-order valence-electron chi connectivity index (χ2n) is 8.19. The maximum absolute atomic E-state index is 13.3. The summed E-state index contributed by atoms with van der Waals surface area (Å²) in [5.74, 6) is 2.02. The molecule has 1 heterocycles. The molecule has 0 radical (unpaired) electrons. The highest BCUT2D eigenvalue weighted by Gasteiger charge is 2.21. The van der Waals surface area contributed by atoms with Gasteiger partial charge in [-0.2, -0.15) is 4.98 Å². The molecule has 0 aliphatic heterocycles. The van der Waals surface area contributed by atoms with Crippen molar-refractivity contribution in [3.63, 3.8) is 0 Å². The standard InChI is InChI=1S/C29H29N3O4/c1-21(23-12-8-5-9-13-23)32(28(33)17-14-22-10-6-4-7-11-22)19-18-27-30-29(31-36-27)24-15-16-25(34-2)26(20-24)35-3/h4-17,20-21H,18-19H2,1-3H3/b17-14+. The van der Waals surface area contributed by atoms with Gasteiger partial charge in [0.2, 0.25) is 17.6 Å². The molecule has 7 nitrogen and oxygen atoms in total. The lowest BCUT2D eigenvalue weighted by atomic mass is 10.1. The SMILES string of the molecule is COc1ccc(-c2noc(CCN(C(=O)/C=C/c3ccccc3)C(C)c3ccccc3)n2)cc1OC. The molecule has 1 atom stereocenters. The molecule has 1 amide bonds. The molecule has 0 fully saturated rings. The van der Waals surface area contributed by atoms with Crippen molar-refractivity contribution in [2.45, 2.75) is 19.4 Å². The summed E-state index contributed by atoms with van der Waals surface area (Å²) in [6.07, 6.45) is 3.86. The highest BCUT2D eigenvalue weighted by Crippen LogP contribution is 2.31. The average Bonchev–Trinajstić information content (AvgIpc) is 3.41. The molecule has 7 heteroatoms. The Morgan fingerprint density at radius 3 is 2.36 bits per heavy atom. The van der Waals surface area contributed by atoms with Crippen LogP contribution in [0, 0.1) is 0 Å². The third kappa shape index (κ3) is 5.99. The van der Waals surface area contributed by atoms with E-state index in [1.54, 1.807) is 32.4 Å². The van der Waals surface area contributed by atoms with Gasteiger partial charge in [-0.15, -0.1) is 0 Å². The zero-order valence-electron chi connectivity index (χ0n) is 20.6. The molecule has 184 valence electrons. The van der Waals surface area contributed by atoms with E-state index in [9.17, 15) is 4.79 Å². The van der Waals surface area contributed by atoms with Gasteiger partial charge in [0.1, 0.15) is 0 Å². The monoisotopic (exact) mass is 483 g/mol. The van der Waals surface area contributed by atoms with Crippen molar-refractivity contribution in [3.8, 4) is 22.9 Å². The molecule has 1 aromatic heterocycles. The highest BCUT2D eigenvalue weighted by molar-refractivity contribution is 5.92. The van der Waals surface area contributed by atoms with Gasteiger partial charge in [0.05, 0.1) is 20.3 Å². The van der Waals surface area contributed by atoms with Crippen LogP contribution in [0.25, 0.3) is 17.5 Å². The number of rotatable bonds is 10. The Morgan fingerprint density at radius 1 is 0.972 bits per heavy atom. The molecule has 0 aliphatic carbocycles. The molecule has 0 aliphatic rings. The first kappa shape index (κ1) is 24.7. The highest BCUT2D eigenvalue weighted by atomic mass is 16.5. The van der Waals surface area contributed by atoms with E-state index < -0.39 is 0 Å². The van der Waals surface area contributed by atoms with Gasteiger partial charge in [0, 0.05) is 24.6 Å². The van der Waals surface area contributed by atoms with E-state index in [1.807, 2.05) is 84.6 Å². The second-order valence-corrected chi connectivity index (χ2v) is 8.19. The third-order valence-electron chi connectivity index (χ3n) is 5.93. The van der Waals surface area contributed by atoms with Gasteiger partial charge in [-0.1, -0.05) is 65.8 Å². The molecule has 4 aromatic rings. The average molecular weight is 484 g/mol. The van der Waals surface area contributed by atoms with Gasteiger partial charge in [0.15, 0.2) is 11.5 Å². The van der Waals surface area contributed by atoms with Crippen LogP contribution < -0.4 is 9.47 Å². The Hall–Kier alpha value is -4.39. The molecular formula is C29H29N3O4. The molecule has 36 heavy (non-hydrogen) atoms. The number of hydrogen-bond acceptors (Lipinski definition) is 6. The quantitative estimate of drug-likeness (QED) is 0.273. The van der Waals surface area contributed by atoms with Crippen LogP contribution in [0.3, 0.4) is 0 Å². The predicted octanol–water partition coefficient (Wildman–Crippen LogP) is 5.60. The maximum Gasteiger partial charge on any atom is 0.247 e. The zero-order valence-corrected chi connectivity index (χ0v) is 20.6. The first-order valence-electron chi connectivity index (χ1n) is 11.7. The number of amides is 1. The van der Waals surface area contributed by atoms with Crippen molar-refractivity contribution in [2.24, 2.45) is 0 Å². The Labute approximate surface area is 211 Å². The van der Waals surface area contributed by atoms with E-state index in [1.165, 1.54) is 0 Å². The van der Waals surface area contributed by atoms with Crippen molar-refractivity contribution in [1.29, 1.82) is 0 Å². The zero-order chi connectivity index (χ0) is 25.3. The summed E-state index contributed by atoms with van der Waals surface area (Å²) in [4.78, 5) is 19.6. The van der Waals surface area contributed by atoms with E-state index in [2.05, 4.69) is 10.1 Å². The van der Waals surface area contributed by atoms with Gasteiger partial charge in [-0.05, 0) is 42.3 Å². The van der Waals surface area contributed by atoms with Crippen molar-refractivity contribution < 1.29 is 18.8 Å². The number of carbonyl (C=O) groups is 1. The Balaban J connectivity index is 1.51. The molecule has 0 spiro atoms. The molecule has 0 N–H and O–H groups in total. The second kappa shape index (κ2) is 11.8. The van der Waals surface area contributed by atoms with Crippen LogP contribution in [0.4, 0.5) is 0 Å². The van der Waals surface area contributed by atoms with Gasteiger partial charge < -0.3 is 18.9 Å².